The summed E-state index contributed by atoms with van der Waals surface area (Å²) in [6, 6.07) is 14.4. The first-order valence-corrected chi connectivity index (χ1v) is 12.5. The van der Waals surface area contributed by atoms with Gasteiger partial charge in [-0.25, -0.2) is 18.0 Å². The summed E-state index contributed by atoms with van der Waals surface area (Å²) in [5, 5.41) is 0. The highest BCUT2D eigenvalue weighted by Gasteiger charge is 2.27. The van der Waals surface area contributed by atoms with Crippen molar-refractivity contribution in [2.24, 2.45) is 5.92 Å². The van der Waals surface area contributed by atoms with Crippen LogP contribution in [0.4, 0.5) is 13.2 Å². The molecule has 0 aliphatic heterocycles. The lowest BCUT2D eigenvalue weighted by Gasteiger charge is -2.29. The van der Waals surface area contributed by atoms with Gasteiger partial charge >= 0.3 is 5.97 Å². The second-order valence-corrected chi connectivity index (χ2v) is 9.41. The van der Waals surface area contributed by atoms with Crippen molar-refractivity contribution < 1.29 is 22.7 Å². The van der Waals surface area contributed by atoms with Crippen molar-refractivity contribution in [3.8, 4) is 16.9 Å². The third-order valence-electron chi connectivity index (χ3n) is 7.15. The largest absolute Gasteiger partial charge is 0.423 e. The van der Waals surface area contributed by atoms with E-state index in [0.717, 1.165) is 37.7 Å². The number of hydrogen-bond acceptors (Lipinski definition) is 2. The fraction of sp³-hybridized carbons (Fsp3) is 0.367. The second-order valence-electron chi connectivity index (χ2n) is 9.41. The highest BCUT2D eigenvalue weighted by Crippen LogP contribution is 2.39. The molecule has 0 bridgehead atoms. The molecule has 0 aromatic heterocycles. The van der Waals surface area contributed by atoms with Gasteiger partial charge in [0.2, 0.25) is 0 Å². The molecule has 35 heavy (non-hydrogen) atoms. The Kier molecular flexibility index (Phi) is 7.94. The molecule has 3 aromatic carbocycles. The molecule has 4 rings (SSSR count). The molecule has 0 radical (unpaired) electrons. The number of carbonyl (C=O) groups excluding carboxylic acids is 1. The highest BCUT2D eigenvalue weighted by atomic mass is 19.2. The van der Waals surface area contributed by atoms with Crippen LogP contribution in [-0.4, -0.2) is 5.97 Å². The fourth-order valence-electron chi connectivity index (χ4n) is 5.10. The van der Waals surface area contributed by atoms with Gasteiger partial charge in [-0.2, -0.15) is 0 Å². The molecule has 0 atom stereocenters. The zero-order valence-electron chi connectivity index (χ0n) is 20.3. The smallest absolute Gasteiger partial charge is 0.346 e. The molecule has 0 N–H and O–H groups in total. The van der Waals surface area contributed by atoms with Gasteiger partial charge in [0.05, 0.1) is 5.56 Å². The molecule has 1 aliphatic carbocycles. The van der Waals surface area contributed by atoms with Gasteiger partial charge < -0.3 is 4.74 Å². The van der Waals surface area contributed by atoms with Crippen LogP contribution in [0.5, 0.6) is 5.75 Å². The van der Waals surface area contributed by atoms with Crippen LogP contribution < -0.4 is 4.74 Å². The van der Waals surface area contributed by atoms with E-state index in [1.807, 2.05) is 13.0 Å². The fourth-order valence-corrected chi connectivity index (χ4v) is 5.10. The van der Waals surface area contributed by atoms with Gasteiger partial charge in [0.25, 0.3) is 0 Å². The van der Waals surface area contributed by atoms with E-state index in [1.54, 1.807) is 30.3 Å². The molecular weight excluding hydrogens is 449 g/mol. The summed E-state index contributed by atoms with van der Waals surface area (Å²) in [5.74, 6) is -2.49. The minimum Gasteiger partial charge on any atom is -0.423 e. The Hall–Kier alpha value is -3.08. The van der Waals surface area contributed by atoms with Gasteiger partial charge in [0.1, 0.15) is 11.6 Å². The van der Waals surface area contributed by atoms with E-state index < -0.39 is 23.2 Å². The van der Waals surface area contributed by atoms with E-state index in [0.29, 0.717) is 29.0 Å². The van der Waals surface area contributed by atoms with Gasteiger partial charge in [-0.05, 0) is 90.5 Å². The molecule has 184 valence electrons. The Bertz CT molecular complexity index is 1180. The molecule has 1 fully saturated rings. The number of benzene rings is 3. The maximum atomic E-state index is 14.9. The number of halogens is 3. The normalized spacial score (nSPS) is 17.9. The van der Waals surface area contributed by atoms with Crippen molar-refractivity contribution >= 4 is 5.97 Å². The van der Waals surface area contributed by atoms with Gasteiger partial charge in [-0.1, -0.05) is 57.0 Å². The minimum atomic E-state index is -1.16. The lowest BCUT2D eigenvalue weighted by molar-refractivity contribution is 0.0728. The average Bonchev–Trinajstić information content (AvgIpc) is 2.87. The van der Waals surface area contributed by atoms with Gasteiger partial charge in [0.15, 0.2) is 11.6 Å². The molecule has 1 aliphatic rings. The van der Waals surface area contributed by atoms with Crippen molar-refractivity contribution in [3.05, 3.63) is 88.7 Å². The Morgan fingerprint density at radius 2 is 1.54 bits per heavy atom. The summed E-state index contributed by atoms with van der Waals surface area (Å²) in [6.45, 7) is 4.06. The van der Waals surface area contributed by atoms with E-state index in [1.165, 1.54) is 24.6 Å². The van der Waals surface area contributed by atoms with E-state index in [9.17, 15) is 18.0 Å². The molecular formula is C30H31F3O2. The number of carbonyl (C=O) groups is 1. The third kappa shape index (κ3) is 5.61. The van der Waals surface area contributed by atoms with Crippen molar-refractivity contribution in [1.29, 1.82) is 0 Å². The topological polar surface area (TPSA) is 26.3 Å². The van der Waals surface area contributed by atoms with E-state index >= 15 is 0 Å². The average molecular weight is 481 g/mol. The molecule has 0 heterocycles. The Morgan fingerprint density at radius 1 is 0.857 bits per heavy atom. The Labute approximate surface area is 205 Å². The number of aryl methyl sites for hydroxylation is 1. The van der Waals surface area contributed by atoms with E-state index in [-0.39, 0.29) is 17.5 Å². The van der Waals surface area contributed by atoms with Crippen molar-refractivity contribution in [3.63, 3.8) is 0 Å². The molecule has 0 amide bonds. The number of hydrogen-bond donors (Lipinski definition) is 0. The summed E-state index contributed by atoms with van der Waals surface area (Å²) in [6.07, 6.45) is 6.65. The summed E-state index contributed by atoms with van der Waals surface area (Å²) in [4.78, 5) is 12.6. The summed E-state index contributed by atoms with van der Waals surface area (Å²) < 4.78 is 49.1. The summed E-state index contributed by atoms with van der Waals surface area (Å²) in [7, 11) is 0. The van der Waals surface area contributed by atoms with Crippen LogP contribution in [0.15, 0.2) is 54.6 Å². The zero-order valence-corrected chi connectivity index (χ0v) is 20.3. The molecule has 2 nitrogen and oxygen atoms in total. The first kappa shape index (κ1) is 25.0. The third-order valence-corrected chi connectivity index (χ3v) is 7.15. The number of rotatable bonds is 7. The van der Waals surface area contributed by atoms with Gasteiger partial charge in [-0.15, -0.1) is 0 Å². The van der Waals surface area contributed by atoms with Crippen LogP contribution in [0, 0.1) is 23.4 Å². The summed E-state index contributed by atoms with van der Waals surface area (Å²) >= 11 is 0. The van der Waals surface area contributed by atoms with E-state index in [4.69, 9.17) is 4.74 Å². The van der Waals surface area contributed by atoms with E-state index in [2.05, 4.69) is 6.92 Å². The number of ether oxygens (including phenoxy) is 1. The Morgan fingerprint density at radius 3 is 2.17 bits per heavy atom. The SMILES string of the molecule is CCCC1CCC(c2ccc(C(=O)Oc3ccc(-c4ccc(CC)c(F)c4)cc3)c(F)c2F)CC1. The van der Waals surface area contributed by atoms with Crippen LogP contribution in [0.3, 0.4) is 0 Å². The first-order valence-electron chi connectivity index (χ1n) is 12.5. The molecule has 3 aromatic rings. The van der Waals surface area contributed by atoms with Crippen LogP contribution in [0.2, 0.25) is 0 Å². The lowest BCUT2D eigenvalue weighted by Crippen LogP contribution is -2.17. The van der Waals surface area contributed by atoms with Gasteiger partial charge in [-0.3, -0.25) is 0 Å². The standard InChI is InChI=1S/C30H31F3O2/c1-3-5-19-6-8-22(9-7-19)25-16-17-26(29(33)28(25)32)30(34)35-24-14-12-21(13-15-24)23-11-10-20(4-2)27(31)18-23/h10-19,22H,3-9H2,1-2H3. The quantitative estimate of drug-likeness (QED) is 0.250. The van der Waals surface area contributed by atoms with Crippen LogP contribution in [-0.2, 0) is 6.42 Å². The molecule has 0 spiro atoms. The monoisotopic (exact) mass is 480 g/mol. The van der Waals surface area contributed by atoms with Crippen LogP contribution in [0.1, 0.15) is 79.8 Å². The van der Waals surface area contributed by atoms with Crippen LogP contribution >= 0.6 is 0 Å². The molecule has 0 unspecified atom stereocenters. The summed E-state index contributed by atoms with van der Waals surface area (Å²) in [5.41, 5.74) is 2.02. The maximum absolute atomic E-state index is 14.9. The lowest BCUT2D eigenvalue weighted by atomic mass is 9.77. The zero-order chi connectivity index (χ0) is 24.9. The molecule has 0 saturated heterocycles. The molecule has 1 saturated carbocycles. The predicted molar refractivity (Wildman–Crippen MR) is 132 cm³/mol. The van der Waals surface area contributed by atoms with Crippen molar-refractivity contribution in [2.75, 3.05) is 0 Å². The van der Waals surface area contributed by atoms with Crippen LogP contribution in [0.25, 0.3) is 11.1 Å². The minimum absolute atomic E-state index is 0.0218. The van der Waals surface area contributed by atoms with Gasteiger partial charge in [0, 0.05) is 0 Å². The number of esters is 1. The van der Waals surface area contributed by atoms with Crippen molar-refractivity contribution in [2.45, 2.75) is 64.7 Å². The predicted octanol–water partition coefficient (Wildman–Crippen LogP) is 8.63. The maximum Gasteiger partial charge on any atom is 0.346 e. The highest BCUT2D eigenvalue weighted by molar-refractivity contribution is 5.91. The Balaban J connectivity index is 1.44. The van der Waals surface area contributed by atoms with Crippen molar-refractivity contribution in [1.82, 2.24) is 0 Å². The second kappa shape index (κ2) is 11.1. The first-order chi connectivity index (χ1) is 16.9. The molecule has 5 heteroatoms.